The van der Waals surface area contributed by atoms with Gasteiger partial charge in [-0.25, -0.2) is 9.97 Å². The van der Waals surface area contributed by atoms with Crippen molar-refractivity contribution >= 4 is 11.3 Å². The van der Waals surface area contributed by atoms with Crippen molar-refractivity contribution in [3.8, 4) is 56.2 Å². The van der Waals surface area contributed by atoms with E-state index < -0.39 is 0 Å². The lowest BCUT2D eigenvalue weighted by molar-refractivity contribution is 1.11. The van der Waals surface area contributed by atoms with Crippen LogP contribution in [-0.2, 0) is 6.42 Å². The summed E-state index contributed by atoms with van der Waals surface area (Å²) >= 11 is 0. The Kier molecular flexibility index (Phi) is 10.0. The minimum Gasteiger partial charge on any atom is -0.397 e. The van der Waals surface area contributed by atoms with Gasteiger partial charge in [-0.05, 0) is 75.9 Å². The Morgan fingerprint density at radius 3 is 1.87 bits per heavy atom. The number of nitrogens with two attached hydrogens (primary N) is 1. The standard InChI is InChI=1S/C49H37N5/c50-45(46-25-12-13-29-52-46)33-39(35-15-4-1-5-16-35)26-27-42-32-40(28-30-51-42)38-21-14-22-41(31-38)43-23-10-11-24-44(43)48-34-47(36-17-6-2-7-18-36)53-49(54-48)37-19-8-3-9-20-37/h1-26,28-34H,27,50H2/b39-26+,45-33-. The second-order valence-corrected chi connectivity index (χ2v) is 12.9. The first-order chi connectivity index (χ1) is 26.7. The fourth-order valence-electron chi connectivity index (χ4n) is 6.53. The highest BCUT2D eigenvalue weighted by atomic mass is 14.9. The van der Waals surface area contributed by atoms with Crippen LogP contribution in [0, 0.1) is 0 Å². The van der Waals surface area contributed by atoms with Gasteiger partial charge in [0, 0.05) is 41.2 Å². The molecule has 0 saturated carbocycles. The second-order valence-electron chi connectivity index (χ2n) is 12.9. The first kappa shape index (κ1) is 33.9. The van der Waals surface area contributed by atoms with Gasteiger partial charge in [-0.3, -0.25) is 9.97 Å². The van der Waals surface area contributed by atoms with E-state index >= 15 is 0 Å². The highest BCUT2D eigenvalue weighted by Crippen LogP contribution is 2.36. The van der Waals surface area contributed by atoms with Crippen LogP contribution in [0.1, 0.15) is 17.0 Å². The largest absolute Gasteiger partial charge is 0.397 e. The zero-order valence-electron chi connectivity index (χ0n) is 29.6. The Morgan fingerprint density at radius 1 is 0.481 bits per heavy atom. The molecule has 8 rings (SSSR count). The van der Waals surface area contributed by atoms with Crippen LogP contribution in [0.15, 0.2) is 200 Å². The van der Waals surface area contributed by atoms with E-state index in [1.807, 2.05) is 85.1 Å². The van der Waals surface area contributed by atoms with E-state index in [2.05, 4.69) is 114 Å². The lowest BCUT2D eigenvalue weighted by Gasteiger charge is -2.14. The number of hydrogen-bond donors (Lipinski definition) is 1. The van der Waals surface area contributed by atoms with E-state index in [-0.39, 0.29) is 0 Å². The Balaban J connectivity index is 1.13. The van der Waals surface area contributed by atoms with Crippen molar-refractivity contribution in [3.63, 3.8) is 0 Å². The molecule has 5 nitrogen and oxygen atoms in total. The van der Waals surface area contributed by atoms with E-state index in [1.54, 1.807) is 6.20 Å². The third kappa shape index (κ3) is 7.81. The molecule has 0 fully saturated rings. The maximum absolute atomic E-state index is 6.52. The summed E-state index contributed by atoms with van der Waals surface area (Å²) in [5.74, 6) is 0.694. The van der Waals surface area contributed by atoms with Crippen molar-refractivity contribution in [2.24, 2.45) is 5.73 Å². The highest BCUT2D eigenvalue weighted by molar-refractivity contribution is 5.86. The van der Waals surface area contributed by atoms with Crippen LogP contribution >= 0.6 is 0 Å². The summed E-state index contributed by atoms with van der Waals surface area (Å²) in [6, 6.07) is 59.9. The summed E-state index contributed by atoms with van der Waals surface area (Å²) in [6.07, 6.45) is 8.44. The van der Waals surface area contributed by atoms with Crippen molar-refractivity contribution in [1.29, 1.82) is 0 Å². The molecular weight excluding hydrogens is 659 g/mol. The molecule has 0 amide bonds. The third-order valence-corrected chi connectivity index (χ3v) is 9.26. The van der Waals surface area contributed by atoms with Crippen LogP contribution in [0.5, 0.6) is 0 Å². The Morgan fingerprint density at radius 2 is 1.11 bits per heavy atom. The molecule has 0 aliphatic heterocycles. The number of aromatic nitrogens is 4. The molecule has 0 atom stereocenters. The fraction of sp³-hybridized carbons (Fsp3) is 0.0204. The summed E-state index contributed by atoms with van der Waals surface area (Å²) in [5, 5.41) is 0. The molecule has 0 bridgehead atoms. The first-order valence-corrected chi connectivity index (χ1v) is 18.0. The quantitative estimate of drug-likeness (QED) is 0.144. The van der Waals surface area contributed by atoms with Crippen LogP contribution < -0.4 is 5.73 Å². The van der Waals surface area contributed by atoms with Gasteiger partial charge in [0.2, 0.25) is 0 Å². The minimum absolute atomic E-state index is 0.610. The van der Waals surface area contributed by atoms with Gasteiger partial charge in [-0.2, -0.15) is 0 Å². The molecule has 0 aliphatic rings. The highest BCUT2D eigenvalue weighted by Gasteiger charge is 2.15. The molecular formula is C49H37N5. The summed E-state index contributed by atoms with van der Waals surface area (Å²) in [4.78, 5) is 19.3. The zero-order valence-corrected chi connectivity index (χ0v) is 29.6. The van der Waals surface area contributed by atoms with E-state index in [1.165, 1.54) is 0 Å². The summed E-state index contributed by atoms with van der Waals surface area (Å²) in [5.41, 5.74) is 20.1. The van der Waals surface area contributed by atoms with E-state index in [4.69, 9.17) is 20.7 Å². The van der Waals surface area contributed by atoms with Gasteiger partial charge in [0.1, 0.15) is 0 Å². The van der Waals surface area contributed by atoms with Gasteiger partial charge < -0.3 is 5.73 Å². The molecule has 3 heterocycles. The topological polar surface area (TPSA) is 77.6 Å². The van der Waals surface area contributed by atoms with Gasteiger partial charge >= 0.3 is 0 Å². The predicted octanol–water partition coefficient (Wildman–Crippen LogP) is 11.2. The zero-order chi connectivity index (χ0) is 36.5. The first-order valence-electron chi connectivity index (χ1n) is 18.0. The van der Waals surface area contributed by atoms with Crippen LogP contribution in [0.2, 0.25) is 0 Å². The lowest BCUT2D eigenvalue weighted by atomic mass is 9.94. The molecule has 54 heavy (non-hydrogen) atoms. The van der Waals surface area contributed by atoms with E-state index in [0.717, 1.165) is 72.9 Å². The number of benzene rings is 5. The van der Waals surface area contributed by atoms with E-state index in [0.29, 0.717) is 17.9 Å². The van der Waals surface area contributed by atoms with Crippen molar-refractivity contribution in [2.45, 2.75) is 6.42 Å². The van der Waals surface area contributed by atoms with Crippen molar-refractivity contribution in [3.05, 3.63) is 217 Å². The number of hydrogen-bond acceptors (Lipinski definition) is 5. The number of rotatable bonds is 10. The molecule has 8 aromatic rings. The molecule has 3 aromatic heterocycles. The Hall–Kier alpha value is -7.24. The molecule has 0 radical (unpaired) electrons. The second kappa shape index (κ2) is 16.0. The van der Waals surface area contributed by atoms with Crippen LogP contribution in [0.25, 0.3) is 67.4 Å². The number of pyridine rings is 2. The van der Waals surface area contributed by atoms with Gasteiger partial charge in [0.05, 0.1) is 22.8 Å². The molecule has 5 aromatic carbocycles. The number of nitrogens with zero attached hydrogens (tertiary/aromatic N) is 4. The molecule has 0 spiro atoms. The smallest absolute Gasteiger partial charge is 0.160 e. The van der Waals surface area contributed by atoms with E-state index in [9.17, 15) is 0 Å². The summed E-state index contributed by atoms with van der Waals surface area (Å²) < 4.78 is 0. The van der Waals surface area contributed by atoms with Gasteiger partial charge in [0.15, 0.2) is 5.82 Å². The van der Waals surface area contributed by atoms with Crippen LogP contribution in [0.4, 0.5) is 0 Å². The molecule has 258 valence electrons. The number of allylic oxidation sites excluding steroid dienone is 3. The SMILES string of the molecule is N/C(=C\C(=C/Cc1cc(-c2cccc(-c3ccccc3-c3cc(-c4ccccc4)nc(-c4ccccc4)n3)c2)ccn1)c1ccccc1)c1ccccn1. The molecule has 0 unspecified atom stereocenters. The third-order valence-electron chi connectivity index (χ3n) is 9.26. The molecule has 5 heteroatoms. The Labute approximate surface area is 315 Å². The molecule has 0 saturated heterocycles. The average Bonchev–Trinajstić information content (AvgIpc) is 3.26. The lowest BCUT2D eigenvalue weighted by Crippen LogP contribution is -1.99. The van der Waals surface area contributed by atoms with Crippen LogP contribution in [0.3, 0.4) is 0 Å². The fourth-order valence-corrected chi connectivity index (χ4v) is 6.53. The maximum atomic E-state index is 6.52. The minimum atomic E-state index is 0.610. The van der Waals surface area contributed by atoms with Gasteiger partial charge in [-0.1, -0.05) is 146 Å². The average molecular weight is 696 g/mol. The van der Waals surface area contributed by atoms with Gasteiger partial charge in [0.25, 0.3) is 0 Å². The normalized spacial score (nSPS) is 11.7. The monoisotopic (exact) mass is 695 g/mol. The maximum Gasteiger partial charge on any atom is 0.160 e. The summed E-state index contributed by atoms with van der Waals surface area (Å²) in [6.45, 7) is 0. The van der Waals surface area contributed by atoms with Crippen LogP contribution in [-0.4, -0.2) is 19.9 Å². The van der Waals surface area contributed by atoms with Crippen molar-refractivity contribution in [2.75, 3.05) is 0 Å². The summed E-state index contributed by atoms with van der Waals surface area (Å²) in [7, 11) is 0. The van der Waals surface area contributed by atoms with Crippen molar-refractivity contribution in [1.82, 2.24) is 19.9 Å². The Bertz CT molecular complexity index is 2510. The van der Waals surface area contributed by atoms with Crippen molar-refractivity contribution < 1.29 is 0 Å². The van der Waals surface area contributed by atoms with Gasteiger partial charge in [-0.15, -0.1) is 0 Å². The molecule has 2 N–H and O–H groups in total. The predicted molar refractivity (Wildman–Crippen MR) is 222 cm³/mol. The molecule has 0 aliphatic carbocycles.